The van der Waals surface area contributed by atoms with E-state index in [1.54, 1.807) is 12.4 Å². The molecular formula is C33H33Cl2FN4O4. The molecule has 2 saturated carbocycles. The molecule has 4 aromatic rings. The summed E-state index contributed by atoms with van der Waals surface area (Å²) in [5, 5.41) is 14.7. The second-order valence-electron chi connectivity index (χ2n) is 12.3. The van der Waals surface area contributed by atoms with Crippen LogP contribution in [0.2, 0.25) is 10.0 Å². The van der Waals surface area contributed by atoms with Crippen LogP contribution in [0.3, 0.4) is 0 Å². The first-order valence-corrected chi connectivity index (χ1v) is 15.6. The van der Waals surface area contributed by atoms with Gasteiger partial charge >= 0.3 is 5.97 Å². The Morgan fingerprint density at radius 3 is 2.66 bits per heavy atom. The van der Waals surface area contributed by atoms with Crippen LogP contribution >= 0.6 is 23.2 Å². The third-order valence-electron chi connectivity index (χ3n) is 9.23. The second kappa shape index (κ2) is 11.8. The highest BCUT2D eigenvalue weighted by Gasteiger charge is 2.45. The van der Waals surface area contributed by atoms with Crippen LogP contribution in [0.1, 0.15) is 99.0 Å². The van der Waals surface area contributed by atoms with Gasteiger partial charge in [0.25, 0.3) is 0 Å². The van der Waals surface area contributed by atoms with Gasteiger partial charge in [-0.15, -0.1) is 0 Å². The van der Waals surface area contributed by atoms with E-state index in [9.17, 15) is 14.3 Å². The van der Waals surface area contributed by atoms with Gasteiger partial charge < -0.3 is 14.4 Å². The summed E-state index contributed by atoms with van der Waals surface area (Å²) < 4.78 is 28.3. The van der Waals surface area contributed by atoms with Gasteiger partial charge in [0.1, 0.15) is 28.5 Å². The van der Waals surface area contributed by atoms with Crippen LogP contribution in [-0.2, 0) is 11.3 Å². The number of fused-ring (bicyclic) bond motifs is 1. The van der Waals surface area contributed by atoms with E-state index in [2.05, 4.69) is 47.7 Å². The molecule has 0 radical (unpaired) electrons. The monoisotopic (exact) mass is 638 g/mol. The van der Waals surface area contributed by atoms with Crippen LogP contribution in [0.5, 0.6) is 0 Å². The molecule has 2 aliphatic rings. The van der Waals surface area contributed by atoms with Crippen LogP contribution in [0.4, 0.5) is 4.39 Å². The lowest BCUT2D eigenvalue weighted by Crippen LogP contribution is -2.44. The molecule has 3 unspecified atom stereocenters. The summed E-state index contributed by atoms with van der Waals surface area (Å²) in [6, 6.07) is 0.968. The number of ether oxygens (including phenoxy) is 1. The average Bonchev–Trinajstić information content (AvgIpc) is 3.62. The van der Waals surface area contributed by atoms with Crippen LogP contribution in [0.15, 0.2) is 35.4 Å². The van der Waals surface area contributed by atoms with Crippen molar-refractivity contribution in [3.63, 3.8) is 0 Å². The van der Waals surface area contributed by atoms with Crippen molar-refractivity contribution in [3.8, 4) is 23.1 Å². The minimum Gasteiger partial charge on any atom is -0.478 e. The van der Waals surface area contributed by atoms with Crippen LogP contribution in [0.25, 0.3) is 16.9 Å². The van der Waals surface area contributed by atoms with Crippen LogP contribution < -0.4 is 0 Å². The highest BCUT2D eigenvalue weighted by Crippen LogP contribution is 2.50. The normalized spacial score (nSPS) is 23.5. The number of carbonyl (C=O) groups is 1. The smallest absolute Gasteiger partial charge is 0.339 e. The molecule has 2 fully saturated rings. The topological polar surface area (TPSA) is 103 Å². The largest absolute Gasteiger partial charge is 0.478 e. The van der Waals surface area contributed by atoms with Crippen molar-refractivity contribution in [2.24, 2.45) is 11.3 Å². The van der Waals surface area contributed by atoms with Gasteiger partial charge in [0.05, 0.1) is 28.5 Å². The quantitative estimate of drug-likeness (QED) is 0.193. The number of hydrogen-bond donors (Lipinski definition) is 1. The van der Waals surface area contributed by atoms with Crippen molar-refractivity contribution >= 4 is 34.8 Å². The number of carboxylic acid groups (broad SMARTS) is 1. The molecule has 0 saturated heterocycles. The maximum absolute atomic E-state index is 14.2. The van der Waals surface area contributed by atoms with E-state index < -0.39 is 11.8 Å². The van der Waals surface area contributed by atoms with Crippen molar-refractivity contribution in [2.45, 2.75) is 83.8 Å². The predicted molar refractivity (Wildman–Crippen MR) is 164 cm³/mol. The Morgan fingerprint density at radius 2 is 2.00 bits per heavy atom. The molecule has 3 atom stereocenters. The number of pyridine rings is 2. The molecule has 0 aromatic carbocycles. The Morgan fingerprint density at radius 1 is 1.25 bits per heavy atom. The van der Waals surface area contributed by atoms with E-state index in [1.165, 1.54) is 16.8 Å². The number of imidazole rings is 1. The first-order chi connectivity index (χ1) is 21.0. The van der Waals surface area contributed by atoms with Gasteiger partial charge in [0.15, 0.2) is 5.65 Å². The van der Waals surface area contributed by atoms with Gasteiger partial charge in [-0.05, 0) is 63.4 Å². The van der Waals surface area contributed by atoms with Gasteiger partial charge in [0.2, 0.25) is 0 Å². The Hall–Kier alpha value is -3.45. The Bertz CT molecular complexity index is 1790. The molecule has 4 aromatic heterocycles. The molecule has 6 rings (SSSR count). The molecule has 0 spiro atoms. The summed E-state index contributed by atoms with van der Waals surface area (Å²) in [6.45, 7) is 6.82. The summed E-state index contributed by atoms with van der Waals surface area (Å²) in [5.74, 6) is 6.05. The maximum atomic E-state index is 14.2. The van der Waals surface area contributed by atoms with Crippen LogP contribution in [-0.4, -0.2) is 36.2 Å². The minimum atomic E-state index is -1.24. The van der Waals surface area contributed by atoms with Gasteiger partial charge in [-0.1, -0.05) is 54.5 Å². The summed E-state index contributed by atoms with van der Waals surface area (Å²) >= 11 is 13.0. The maximum Gasteiger partial charge on any atom is 0.339 e. The molecule has 0 bridgehead atoms. The van der Waals surface area contributed by atoms with Gasteiger partial charge in [0, 0.05) is 41.1 Å². The number of nitrogens with zero attached hydrogens (tertiary/aromatic N) is 4. The Balaban J connectivity index is 1.25. The first kappa shape index (κ1) is 30.6. The summed E-state index contributed by atoms with van der Waals surface area (Å²) in [7, 11) is 0. The number of halogens is 3. The molecule has 2 aliphatic carbocycles. The van der Waals surface area contributed by atoms with E-state index in [0.717, 1.165) is 62.3 Å². The zero-order valence-electron chi connectivity index (χ0n) is 24.8. The fourth-order valence-corrected chi connectivity index (χ4v) is 6.93. The van der Waals surface area contributed by atoms with Gasteiger partial charge in [-0.25, -0.2) is 14.2 Å². The molecule has 230 valence electrons. The molecule has 0 aliphatic heterocycles. The standard InChI is InChI=1S/C33H33Cl2FN4O4/c1-4-8-33(43-18-24-28(39-44-29(24)20-5-6-20)27-25(34)15-37-16-26(27)35)11-10-32(3,19(2)13-33)9-7-22-14-38-30-23(31(41)42)12-21(36)17-40(22)30/h12,14-17,19-20H,4-6,8,10-11,13,18H2,1-3H3,(H,41,42). The third kappa shape index (κ3) is 5.71. The Kier molecular flexibility index (Phi) is 8.20. The number of carboxylic acids is 1. The fourth-order valence-electron chi connectivity index (χ4n) is 6.39. The zero-order valence-corrected chi connectivity index (χ0v) is 26.3. The van der Waals surface area contributed by atoms with E-state index >= 15 is 0 Å². The molecule has 8 nitrogen and oxygen atoms in total. The molecule has 1 N–H and O–H groups in total. The van der Waals surface area contributed by atoms with Crippen molar-refractivity contribution in [2.75, 3.05) is 0 Å². The average molecular weight is 640 g/mol. The van der Waals surface area contributed by atoms with Gasteiger partial charge in [-0.3, -0.25) is 9.38 Å². The Labute approximate surface area is 264 Å². The lowest BCUT2D eigenvalue weighted by Gasteiger charge is -2.47. The van der Waals surface area contributed by atoms with E-state index in [0.29, 0.717) is 39.5 Å². The fraction of sp³-hybridized carbons (Fsp3) is 0.455. The number of aromatic nitrogens is 4. The minimum absolute atomic E-state index is 0.161. The molecular weight excluding hydrogens is 606 g/mol. The first-order valence-electron chi connectivity index (χ1n) is 14.9. The lowest BCUT2D eigenvalue weighted by atomic mass is 9.62. The van der Waals surface area contributed by atoms with Crippen molar-refractivity contribution in [3.05, 3.63) is 69.3 Å². The third-order valence-corrected chi connectivity index (χ3v) is 9.80. The van der Waals surface area contributed by atoms with E-state index in [4.69, 9.17) is 32.5 Å². The van der Waals surface area contributed by atoms with Crippen molar-refractivity contribution < 1.29 is 23.6 Å². The summed E-state index contributed by atoms with van der Waals surface area (Å²) in [5.41, 5.74) is 1.79. The summed E-state index contributed by atoms with van der Waals surface area (Å²) in [4.78, 5) is 19.9. The van der Waals surface area contributed by atoms with E-state index in [1.807, 2.05) is 0 Å². The van der Waals surface area contributed by atoms with Gasteiger partial charge in [-0.2, -0.15) is 0 Å². The summed E-state index contributed by atoms with van der Waals surface area (Å²) in [6.07, 6.45) is 12.1. The highest BCUT2D eigenvalue weighted by atomic mass is 35.5. The van der Waals surface area contributed by atoms with E-state index in [-0.39, 0.29) is 28.1 Å². The lowest BCUT2D eigenvalue weighted by molar-refractivity contribution is -0.114. The van der Waals surface area contributed by atoms with Crippen LogP contribution in [0, 0.1) is 29.0 Å². The zero-order chi connectivity index (χ0) is 31.2. The number of aromatic carboxylic acids is 1. The molecule has 0 amide bonds. The SMILES string of the molecule is CCCC1(OCc2c(-c3c(Cl)cncc3Cl)noc2C2CC2)CCC(C)(C#Cc2cnc3c(C(=O)O)cc(F)cn23)C(C)C1. The van der Waals surface area contributed by atoms with Crippen molar-refractivity contribution in [1.82, 2.24) is 19.5 Å². The number of rotatable bonds is 8. The second-order valence-corrected chi connectivity index (χ2v) is 13.1. The van der Waals surface area contributed by atoms with Crippen molar-refractivity contribution in [1.29, 1.82) is 0 Å². The molecule has 11 heteroatoms. The molecule has 44 heavy (non-hydrogen) atoms. The molecule has 4 heterocycles. The highest BCUT2D eigenvalue weighted by molar-refractivity contribution is 6.38. The number of hydrogen-bond acceptors (Lipinski definition) is 6. The predicted octanol–water partition coefficient (Wildman–Crippen LogP) is 8.34.